The van der Waals surface area contributed by atoms with Crippen LogP contribution in [0.25, 0.3) is 15.8 Å². The van der Waals surface area contributed by atoms with E-state index in [1.807, 2.05) is 42.6 Å². The molecule has 27 heavy (non-hydrogen) atoms. The fourth-order valence-corrected chi connectivity index (χ4v) is 4.13. The Labute approximate surface area is 162 Å². The number of piperazine rings is 1. The molecule has 5 nitrogen and oxygen atoms in total. The lowest BCUT2D eigenvalue weighted by Crippen LogP contribution is -2.44. The van der Waals surface area contributed by atoms with Crippen LogP contribution in [0.5, 0.6) is 5.75 Å². The maximum absolute atomic E-state index is 9.61. The molecule has 0 saturated carbocycles. The third-order valence-electron chi connectivity index (χ3n) is 4.71. The number of rotatable bonds is 4. The van der Waals surface area contributed by atoms with Crippen LogP contribution in [0.3, 0.4) is 0 Å². The molecule has 2 aromatic carbocycles. The van der Waals surface area contributed by atoms with Crippen LogP contribution in [0.1, 0.15) is 5.01 Å². The molecule has 0 atom stereocenters. The molecule has 2 heterocycles. The number of para-hydroxylation sites is 1. The van der Waals surface area contributed by atoms with Gasteiger partial charge in [0.2, 0.25) is 0 Å². The molecule has 3 aromatic rings. The number of methoxy groups -OCH3 is 1. The van der Waals surface area contributed by atoms with Gasteiger partial charge >= 0.3 is 0 Å². The molecule has 0 unspecified atom stereocenters. The van der Waals surface area contributed by atoms with Crippen molar-refractivity contribution in [3.05, 3.63) is 59.7 Å². The van der Waals surface area contributed by atoms with Crippen molar-refractivity contribution in [2.24, 2.45) is 0 Å². The van der Waals surface area contributed by atoms with Crippen molar-refractivity contribution in [2.45, 2.75) is 0 Å². The van der Waals surface area contributed by atoms with Crippen LogP contribution in [-0.4, -0.2) is 43.2 Å². The summed E-state index contributed by atoms with van der Waals surface area (Å²) in [6, 6.07) is 18.5. The van der Waals surface area contributed by atoms with E-state index in [1.54, 1.807) is 18.4 Å². The molecular weight excluding hydrogens is 356 g/mol. The molecule has 0 amide bonds. The first kappa shape index (κ1) is 17.4. The molecule has 1 fully saturated rings. The van der Waals surface area contributed by atoms with Gasteiger partial charge in [0.05, 0.1) is 17.3 Å². The molecule has 0 bridgehead atoms. The molecular formula is C21H20N4OS. The highest BCUT2D eigenvalue weighted by atomic mass is 32.1. The van der Waals surface area contributed by atoms with Gasteiger partial charge in [-0.3, -0.25) is 0 Å². The highest BCUT2D eigenvalue weighted by Crippen LogP contribution is 2.27. The number of thiazole rings is 1. The third-order valence-corrected chi connectivity index (χ3v) is 5.78. The zero-order chi connectivity index (χ0) is 18.6. The Hall–Kier alpha value is -3.04. The smallest absolute Gasteiger partial charge is 0.136 e. The van der Waals surface area contributed by atoms with Crippen LogP contribution in [0.15, 0.2) is 54.7 Å². The number of fused-ring (bicyclic) bond motifs is 1. The normalized spacial score (nSPS) is 15.0. The van der Waals surface area contributed by atoms with Gasteiger partial charge in [0.1, 0.15) is 22.4 Å². The Morgan fingerprint density at radius 1 is 1.11 bits per heavy atom. The SMILES string of the molecule is COc1ccc(N2CCN(/C=C(\C#N)c3nc4ccccc4s3)CC2)cc1. The van der Waals surface area contributed by atoms with Crippen molar-refractivity contribution in [2.75, 3.05) is 38.2 Å². The number of aromatic nitrogens is 1. The lowest BCUT2D eigenvalue weighted by molar-refractivity contribution is 0.350. The number of nitriles is 1. The van der Waals surface area contributed by atoms with Crippen LogP contribution in [0.2, 0.25) is 0 Å². The number of benzene rings is 2. The summed E-state index contributed by atoms with van der Waals surface area (Å²) >= 11 is 1.57. The van der Waals surface area contributed by atoms with Crippen LogP contribution >= 0.6 is 11.3 Å². The molecule has 1 saturated heterocycles. The van der Waals surface area contributed by atoms with E-state index in [2.05, 4.69) is 33.0 Å². The number of ether oxygens (including phenoxy) is 1. The summed E-state index contributed by atoms with van der Waals surface area (Å²) in [5, 5.41) is 10.4. The third kappa shape index (κ3) is 3.74. The first-order chi connectivity index (χ1) is 13.3. The zero-order valence-corrected chi connectivity index (χ0v) is 15.9. The number of allylic oxidation sites excluding steroid dienone is 1. The van der Waals surface area contributed by atoms with Crippen LogP contribution in [0, 0.1) is 11.3 Å². The number of hydrogen-bond donors (Lipinski definition) is 0. The molecule has 0 spiro atoms. The van der Waals surface area contributed by atoms with Crippen molar-refractivity contribution in [3.63, 3.8) is 0 Å². The fraction of sp³-hybridized carbons (Fsp3) is 0.238. The Bertz CT molecular complexity index is 962. The molecule has 1 aliphatic heterocycles. The van der Waals surface area contributed by atoms with E-state index in [0.717, 1.165) is 47.2 Å². The van der Waals surface area contributed by atoms with E-state index >= 15 is 0 Å². The highest BCUT2D eigenvalue weighted by molar-refractivity contribution is 7.19. The van der Waals surface area contributed by atoms with E-state index in [1.165, 1.54) is 5.69 Å². The van der Waals surface area contributed by atoms with Gasteiger partial charge in [0, 0.05) is 38.1 Å². The van der Waals surface area contributed by atoms with E-state index in [-0.39, 0.29) is 0 Å². The zero-order valence-electron chi connectivity index (χ0n) is 15.1. The lowest BCUT2D eigenvalue weighted by Gasteiger charge is -2.35. The van der Waals surface area contributed by atoms with Gasteiger partial charge in [-0.25, -0.2) is 4.98 Å². The summed E-state index contributed by atoms with van der Waals surface area (Å²) in [6.45, 7) is 3.59. The molecule has 6 heteroatoms. The van der Waals surface area contributed by atoms with Gasteiger partial charge in [-0.2, -0.15) is 5.26 Å². The van der Waals surface area contributed by atoms with E-state index in [0.29, 0.717) is 5.57 Å². The van der Waals surface area contributed by atoms with Gasteiger partial charge in [-0.15, -0.1) is 11.3 Å². The molecule has 0 aliphatic carbocycles. The Balaban J connectivity index is 1.45. The molecule has 0 N–H and O–H groups in total. The minimum absolute atomic E-state index is 0.633. The first-order valence-electron chi connectivity index (χ1n) is 8.88. The minimum atomic E-state index is 0.633. The summed E-state index contributed by atoms with van der Waals surface area (Å²) in [5.41, 5.74) is 2.78. The average Bonchev–Trinajstić information content (AvgIpc) is 3.16. The topological polar surface area (TPSA) is 52.4 Å². The van der Waals surface area contributed by atoms with Crippen molar-refractivity contribution >= 4 is 32.8 Å². The second-order valence-electron chi connectivity index (χ2n) is 6.36. The summed E-state index contributed by atoms with van der Waals surface area (Å²) in [7, 11) is 1.68. The number of anilines is 1. The van der Waals surface area contributed by atoms with Crippen LogP contribution in [0.4, 0.5) is 5.69 Å². The summed E-state index contributed by atoms with van der Waals surface area (Å²) in [4.78, 5) is 9.17. The van der Waals surface area contributed by atoms with Gasteiger partial charge in [0.15, 0.2) is 0 Å². The second-order valence-corrected chi connectivity index (χ2v) is 7.39. The maximum atomic E-state index is 9.61. The van der Waals surface area contributed by atoms with Gasteiger partial charge in [0.25, 0.3) is 0 Å². The molecule has 1 aliphatic rings. The summed E-state index contributed by atoms with van der Waals surface area (Å²) in [6.07, 6.45) is 1.96. The van der Waals surface area contributed by atoms with Crippen molar-refractivity contribution in [1.29, 1.82) is 5.26 Å². The molecule has 1 aromatic heterocycles. The Kier molecular flexibility index (Phi) is 4.95. The summed E-state index contributed by atoms with van der Waals surface area (Å²) < 4.78 is 6.33. The average molecular weight is 376 g/mol. The summed E-state index contributed by atoms with van der Waals surface area (Å²) in [5.74, 6) is 0.870. The van der Waals surface area contributed by atoms with E-state index in [9.17, 15) is 5.26 Å². The molecule has 136 valence electrons. The van der Waals surface area contributed by atoms with Crippen molar-refractivity contribution in [1.82, 2.24) is 9.88 Å². The quantitative estimate of drug-likeness (QED) is 0.645. The van der Waals surface area contributed by atoms with E-state index < -0.39 is 0 Å². The number of nitrogens with zero attached hydrogens (tertiary/aromatic N) is 4. The fourth-order valence-electron chi connectivity index (χ4n) is 3.20. The van der Waals surface area contributed by atoms with Crippen molar-refractivity contribution < 1.29 is 4.74 Å². The monoisotopic (exact) mass is 376 g/mol. The predicted octanol–water partition coefficient (Wildman–Crippen LogP) is 3.99. The standard InChI is InChI=1S/C21H20N4OS/c1-26-18-8-6-17(7-9-18)25-12-10-24(11-13-25)15-16(14-22)21-23-19-4-2-3-5-20(19)27-21/h2-9,15H,10-13H2,1H3/b16-15+. The van der Waals surface area contributed by atoms with Gasteiger partial charge in [-0.05, 0) is 36.4 Å². The Morgan fingerprint density at radius 3 is 2.52 bits per heavy atom. The minimum Gasteiger partial charge on any atom is -0.497 e. The van der Waals surface area contributed by atoms with Gasteiger partial charge < -0.3 is 14.5 Å². The molecule has 4 rings (SSSR count). The van der Waals surface area contributed by atoms with E-state index in [4.69, 9.17) is 4.74 Å². The van der Waals surface area contributed by atoms with Crippen LogP contribution < -0.4 is 9.64 Å². The van der Waals surface area contributed by atoms with Crippen LogP contribution in [-0.2, 0) is 0 Å². The highest BCUT2D eigenvalue weighted by Gasteiger charge is 2.17. The maximum Gasteiger partial charge on any atom is 0.136 e. The lowest BCUT2D eigenvalue weighted by atomic mass is 10.2. The Morgan fingerprint density at radius 2 is 1.85 bits per heavy atom. The van der Waals surface area contributed by atoms with Gasteiger partial charge in [-0.1, -0.05) is 12.1 Å². The first-order valence-corrected chi connectivity index (χ1v) is 9.69. The number of hydrogen-bond acceptors (Lipinski definition) is 6. The molecule has 0 radical (unpaired) electrons. The predicted molar refractivity (Wildman–Crippen MR) is 110 cm³/mol. The van der Waals surface area contributed by atoms with Crippen molar-refractivity contribution in [3.8, 4) is 11.8 Å². The second kappa shape index (κ2) is 7.68. The largest absolute Gasteiger partial charge is 0.497 e.